The van der Waals surface area contributed by atoms with Gasteiger partial charge in [-0.25, -0.2) is 0 Å². The quantitative estimate of drug-likeness (QED) is 0.200. The molecule has 1 saturated heterocycles. The van der Waals surface area contributed by atoms with E-state index in [1.165, 1.54) is 4.90 Å². The number of likely N-dealkylation sites (tertiary alicyclic amines) is 1. The first-order valence-electron chi connectivity index (χ1n) is 16.4. The summed E-state index contributed by atoms with van der Waals surface area (Å²) >= 11 is 6.39. The van der Waals surface area contributed by atoms with Gasteiger partial charge < -0.3 is 24.7 Å². The van der Waals surface area contributed by atoms with Gasteiger partial charge in [-0.3, -0.25) is 19.3 Å². The highest BCUT2D eigenvalue weighted by atomic mass is 35.5. The monoisotopic (exact) mass is 677 g/mol. The number of carbonyl (C=O) groups excluding carboxylic acids is 3. The number of aliphatic hydroxyl groups is 2. The topological polar surface area (TPSA) is 111 Å². The number of fused-ring (bicyclic) bond motifs is 3. The zero-order valence-corrected chi connectivity index (χ0v) is 27.7. The minimum absolute atomic E-state index is 0.0690. The van der Waals surface area contributed by atoms with Crippen molar-refractivity contribution in [1.82, 2.24) is 4.90 Å². The van der Waals surface area contributed by atoms with Gasteiger partial charge in [0.2, 0.25) is 5.91 Å². The van der Waals surface area contributed by atoms with Crippen molar-refractivity contribution < 1.29 is 29.3 Å². The van der Waals surface area contributed by atoms with E-state index in [0.29, 0.717) is 51.3 Å². The van der Waals surface area contributed by atoms with Crippen LogP contribution in [0, 0.1) is 5.92 Å². The van der Waals surface area contributed by atoms with Crippen LogP contribution < -0.4 is 14.5 Å². The number of anilines is 3. The van der Waals surface area contributed by atoms with Crippen LogP contribution in [0.3, 0.4) is 0 Å². The Morgan fingerprint density at radius 1 is 1.00 bits per heavy atom. The molecule has 7 rings (SSSR count). The minimum atomic E-state index is -1.93. The molecule has 1 fully saturated rings. The average Bonchev–Trinajstić information content (AvgIpc) is 3.64. The molecule has 0 saturated carbocycles. The molecule has 3 aliphatic heterocycles. The molecule has 3 heterocycles. The standard InChI is InChI=1S/C39H36ClN3O6/c1-25(9-6-17-36(45)41-20-8-12-29(41)24-44)39(48)31-22-27(40)18-19-32(31)42(38(39)47)23-26-10-7-11-28(21-26)43-33-14-3-5-16-35(33)49-34-15-4-2-13-30(34)37(43)46/h2-7,9-11,13-16,18-19,21-22,25,29,44,48H,8,12,17,20,23-24H2,1H3/b9-6+/t25-,29-,39+/m0/s1. The second-order valence-electron chi connectivity index (χ2n) is 12.7. The molecule has 2 N–H and O–H groups in total. The highest BCUT2D eigenvalue weighted by Gasteiger charge is 2.52. The number of hydrogen-bond donors (Lipinski definition) is 2. The maximum Gasteiger partial charge on any atom is 0.266 e. The fourth-order valence-corrected chi connectivity index (χ4v) is 7.27. The van der Waals surface area contributed by atoms with Crippen LogP contribution in [0.2, 0.25) is 5.02 Å². The van der Waals surface area contributed by atoms with E-state index in [4.69, 9.17) is 16.3 Å². The molecule has 0 bridgehead atoms. The molecule has 0 aromatic heterocycles. The van der Waals surface area contributed by atoms with E-state index in [-0.39, 0.29) is 37.4 Å². The SMILES string of the molecule is C[C@@H](/C=C/CC(=O)N1CCC[C@H]1CO)[C@]1(O)C(=O)N(Cc2cccc(N3C(=O)c4ccccc4Oc4ccccc43)c2)c2ccc(Cl)cc21. The molecular weight excluding hydrogens is 642 g/mol. The molecule has 0 spiro atoms. The lowest BCUT2D eigenvalue weighted by atomic mass is 9.83. The molecule has 49 heavy (non-hydrogen) atoms. The molecular formula is C39H36ClN3O6. The second kappa shape index (κ2) is 13.2. The minimum Gasteiger partial charge on any atom is -0.454 e. The highest BCUT2D eigenvalue weighted by Crippen LogP contribution is 2.47. The number of ether oxygens (including phenoxy) is 1. The van der Waals surface area contributed by atoms with Gasteiger partial charge in [0, 0.05) is 35.2 Å². The van der Waals surface area contributed by atoms with E-state index in [0.717, 1.165) is 18.4 Å². The van der Waals surface area contributed by atoms with E-state index < -0.39 is 17.4 Å². The first-order valence-corrected chi connectivity index (χ1v) is 16.8. The van der Waals surface area contributed by atoms with E-state index >= 15 is 0 Å². The molecule has 4 aromatic rings. The lowest BCUT2D eigenvalue weighted by molar-refractivity contribution is -0.139. The summed E-state index contributed by atoms with van der Waals surface area (Å²) in [4.78, 5) is 45.9. The molecule has 9 nitrogen and oxygen atoms in total. The largest absolute Gasteiger partial charge is 0.454 e. The van der Waals surface area contributed by atoms with Crippen LogP contribution >= 0.6 is 11.6 Å². The maximum absolute atomic E-state index is 14.2. The summed E-state index contributed by atoms with van der Waals surface area (Å²) in [6.45, 7) is 2.40. The number of halogens is 1. The van der Waals surface area contributed by atoms with E-state index in [2.05, 4.69) is 0 Å². The zero-order valence-electron chi connectivity index (χ0n) is 27.0. The molecule has 4 aromatic carbocycles. The number of nitrogens with zero attached hydrogens (tertiary/aromatic N) is 3. The average molecular weight is 678 g/mol. The molecule has 0 aliphatic carbocycles. The molecule has 10 heteroatoms. The van der Waals surface area contributed by atoms with Crippen LogP contribution in [0.4, 0.5) is 17.1 Å². The van der Waals surface area contributed by atoms with Crippen molar-refractivity contribution in [3.63, 3.8) is 0 Å². The molecule has 0 unspecified atom stereocenters. The van der Waals surface area contributed by atoms with Crippen molar-refractivity contribution in [2.45, 2.75) is 44.4 Å². The summed E-state index contributed by atoms with van der Waals surface area (Å²) < 4.78 is 6.16. The Morgan fingerprint density at radius 2 is 1.78 bits per heavy atom. The predicted octanol–water partition coefficient (Wildman–Crippen LogP) is 6.72. The zero-order chi connectivity index (χ0) is 34.3. The lowest BCUT2D eigenvalue weighted by Crippen LogP contribution is -2.44. The van der Waals surface area contributed by atoms with Crippen molar-refractivity contribution in [3.8, 4) is 11.5 Å². The number of hydrogen-bond acceptors (Lipinski definition) is 6. The van der Waals surface area contributed by atoms with Crippen LogP contribution in [0.1, 0.15) is 47.7 Å². The van der Waals surface area contributed by atoms with E-state index in [1.54, 1.807) is 65.3 Å². The smallest absolute Gasteiger partial charge is 0.266 e. The maximum atomic E-state index is 14.2. The van der Waals surface area contributed by atoms with Crippen LogP contribution in [0.25, 0.3) is 0 Å². The Morgan fingerprint density at radius 3 is 2.59 bits per heavy atom. The van der Waals surface area contributed by atoms with Crippen molar-refractivity contribution in [3.05, 3.63) is 125 Å². The Labute approximate surface area is 289 Å². The summed E-state index contributed by atoms with van der Waals surface area (Å²) in [5.41, 5.74) is 1.32. The van der Waals surface area contributed by atoms with Gasteiger partial charge in [0.25, 0.3) is 11.8 Å². The van der Waals surface area contributed by atoms with Crippen molar-refractivity contribution in [2.24, 2.45) is 5.92 Å². The summed E-state index contributed by atoms with van der Waals surface area (Å²) in [6.07, 6.45) is 5.09. The summed E-state index contributed by atoms with van der Waals surface area (Å²) in [6, 6.07) is 26.7. The molecule has 3 atom stereocenters. The first-order chi connectivity index (χ1) is 23.7. The molecule has 0 radical (unpaired) electrons. The number of carbonyl (C=O) groups is 3. The van der Waals surface area contributed by atoms with Gasteiger partial charge in [-0.05, 0) is 73.0 Å². The van der Waals surface area contributed by atoms with Gasteiger partial charge in [-0.15, -0.1) is 0 Å². The van der Waals surface area contributed by atoms with Crippen LogP contribution in [0.15, 0.2) is 103 Å². The van der Waals surface area contributed by atoms with Gasteiger partial charge in [0.15, 0.2) is 11.4 Å². The third-order valence-corrected chi connectivity index (χ3v) is 9.91. The Balaban J connectivity index is 1.17. The van der Waals surface area contributed by atoms with Crippen molar-refractivity contribution >= 4 is 46.4 Å². The van der Waals surface area contributed by atoms with Gasteiger partial charge in [0.05, 0.1) is 36.1 Å². The van der Waals surface area contributed by atoms with Gasteiger partial charge in [-0.1, -0.05) is 67.1 Å². The molecule has 250 valence electrons. The Hall–Kier alpha value is -4.96. The third-order valence-electron chi connectivity index (χ3n) is 9.67. The summed E-state index contributed by atoms with van der Waals surface area (Å²) in [7, 11) is 0. The van der Waals surface area contributed by atoms with Gasteiger partial charge in [-0.2, -0.15) is 0 Å². The number of para-hydroxylation sites is 3. The number of benzene rings is 4. The fraction of sp³-hybridized carbons (Fsp3) is 0.256. The first kappa shape index (κ1) is 32.6. The number of aliphatic hydroxyl groups excluding tert-OH is 1. The van der Waals surface area contributed by atoms with Crippen LogP contribution in [0.5, 0.6) is 11.5 Å². The van der Waals surface area contributed by atoms with E-state index in [9.17, 15) is 24.6 Å². The van der Waals surface area contributed by atoms with Gasteiger partial charge >= 0.3 is 0 Å². The Kier molecular flexibility index (Phi) is 8.75. The second-order valence-corrected chi connectivity index (χ2v) is 13.1. The lowest BCUT2D eigenvalue weighted by Gasteiger charge is -2.28. The predicted molar refractivity (Wildman–Crippen MR) is 187 cm³/mol. The van der Waals surface area contributed by atoms with Crippen molar-refractivity contribution in [2.75, 3.05) is 23.0 Å². The van der Waals surface area contributed by atoms with Gasteiger partial charge in [0.1, 0.15) is 5.75 Å². The van der Waals surface area contributed by atoms with Crippen molar-refractivity contribution in [1.29, 1.82) is 0 Å². The number of amides is 3. The molecule has 3 amide bonds. The summed E-state index contributed by atoms with van der Waals surface area (Å²) in [5, 5.41) is 22.1. The number of rotatable bonds is 8. The summed E-state index contributed by atoms with van der Waals surface area (Å²) in [5.74, 6) is -0.560. The Bertz CT molecular complexity index is 1980. The third kappa shape index (κ3) is 5.77. The highest BCUT2D eigenvalue weighted by molar-refractivity contribution is 6.31. The van der Waals surface area contributed by atoms with E-state index in [1.807, 2.05) is 54.6 Å². The van der Waals surface area contributed by atoms with Crippen LogP contribution in [-0.4, -0.2) is 52.0 Å². The van der Waals surface area contributed by atoms with Crippen LogP contribution in [-0.2, 0) is 21.7 Å². The fourth-order valence-electron chi connectivity index (χ4n) is 7.10. The molecule has 3 aliphatic rings. The normalized spacial score (nSPS) is 20.6.